The highest BCUT2D eigenvalue weighted by molar-refractivity contribution is 5.03. The highest BCUT2D eigenvalue weighted by atomic mass is 16.5. The van der Waals surface area contributed by atoms with Crippen LogP contribution in [0.1, 0.15) is 53.4 Å². The summed E-state index contributed by atoms with van der Waals surface area (Å²) >= 11 is 0. The topological polar surface area (TPSA) is 45.0 Å². The summed E-state index contributed by atoms with van der Waals surface area (Å²) in [6, 6.07) is 2.32. The first-order valence-corrected chi connectivity index (χ1v) is 7.16. The lowest BCUT2D eigenvalue weighted by molar-refractivity contribution is -0.0477. The Morgan fingerprint density at radius 2 is 2.06 bits per heavy atom. The molecule has 1 fully saturated rings. The molecule has 3 heteroatoms. The van der Waals surface area contributed by atoms with Gasteiger partial charge in [0.15, 0.2) is 0 Å². The van der Waals surface area contributed by atoms with Crippen molar-refractivity contribution in [2.45, 2.75) is 71.1 Å². The maximum atomic E-state index is 9.15. The summed E-state index contributed by atoms with van der Waals surface area (Å²) in [6.07, 6.45) is 4.84. The number of nitrogens with one attached hydrogen (secondary N) is 1. The van der Waals surface area contributed by atoms with Crippen molar-refractivity contribution in [3.63, 3.8) is 0 Å². The molecule has 0 amide bonds. The fourth-order valence-corrected chi connectivity index (χ4v) is 2.78. The second kappa shape index (κ2) is 6.54. The zero-order chi connectivity index (χ0) is 13.8. The smallest absolute Gasteiger partial charge is 0.106 e. The van der Waals surface area contributed by atoms with Crippen molar-refractivity contribution in [1.82, 2.24) is 5.32 Å². The molecule has 0 spiro atoms. The monoisotopic (exact) mass is 252 g/mol. The van der Waals surface area contributed by atoms with Crippen molar-refractivity contribution in [2.75, 3.05) is 7.05 Å². The van der Waals surface area contributed by atoms with Gasteiger partial charge < -0.3 is 10.1 Å². The number of hydrogen-bond donors (Lipinski definition) is 1. The van der Waals surface area contributed by atoms with E-state index >= 15 is 0 Å². The van der Waals surface area contributed by atoms with Gasteiger partial charge in [-0.1, -0.05) is 13.8 Å². The van der Waals surface area contributed by atoms with Crippen molar-refractivity contribution in [3.05, 3.63) is 0 Å². The second-order valence-corrected chi connectivity index (χ2v) is 6.23. The summed E-state index contributed by atoms with van der Waals surface area (Å²) in [7, 11) is 1.83. The lowest BCUT2D eigenvalue weighted by Gasteiger charge is -2.35. The standard InChI is InChI=1S/C15H28N2O/c1-11-6-7-14(8-12(11)2)18-13(3)9-15(4,10-16)17-5/h11-14,17H,6-9H2,1-5H3. The summed E-state index contributed by atoms with van der Waals surface area (Å²) in [5.41, 5.74) is -0.479. The van der Waals surface area contributed by atoms with E-state index in [1.165, 1.54) is 12.8 Å². The molecule has 0 saturated heterocycles. The molecular formula is C15H28N2O. The molecular weight excluding hydrogens is 224 g/mol. The Morgan fingerprint density at radius 3 is 2.56 bits per heavy atom. The average molecular weight is 252 g/mol. The summed E-state index contributed by atoms with van der Waals surface area (Å²) < 4.78 is 6.12. The zero-order valence-corrected chi connectivity index (χ0v) is 12.5. The molecule has 18 heavy (non-hydrogen) atoms. The van der Waals surface area contributed by atoms with Gasteiger partial charge in [-0.3, -0.25) is 0 Å². The van der Waals surface area contributed by atoms with E-state index in [9.17, 15) is 0 Å². The summed E-state index contributed by atoms with van der Waals surface area (Å²) in [4.78, 5) is 0. The SMILES string of the molecule is CNC(C)(C#N)CC(C)OC1CCC(C)C(C)C1. The second-order valence-electron chi connectivity index (χ2n) is 6.23. The molecule has 104 valence electrons. The lowest BCUT2D eigenvalue weighted by atomic mass is 9.80. The van der Waals surface area contributed by atoms with Crippen LogP contribution in [0.3, 0.4) is 0 Å². The Balaban J connectivity index is 2.41. The Kier molecular flexibility index (Phi) is 5.62. The number of ether oxygens (including phenoxy) is 1. The Morgan fingerprint density at radius 1 is 1.39 bits per heavy atom. The molecule has 0 aliphatic heterocycles. The van der Waals surface area contributed by atoms with Crippen LogP contribution in [0.5, 0.6) is 0 Å². The van der Waals surface area contributed by atoms with E-state index in [0.717, 1.165) is 24.7 Å². The van der Waals surface area contributed by atoms with Gasteiger partial charge in [0.05, 0.1) is 18.3 Å². The van der Waals surface area contributed by atoms with E-state index in [1.54, 1.807) is 0 Å². The molecule has 0 aromatic carbocycles. The van der Waals surface area contributed by atoms with E-state index < -0.39 is 5.54 Å². The van der Waals surface area contributed by atoms with Gasteiger partial charge in [-0.15, -0.1) is 0 Å². The van der Waals surface area contributed by atoms with E-state index in [0.29, 0.717) is 6.10 Å². The van der Waals surface area contributed by atoms with Gasteiger partial charge in [-0.25, -0.2) is 0 Å². The van der Waals surface area contributed by atoms with Crippen LogP contribution < -0.4 is 5.32 Å². The molecule has 0 aromatic heterocycles. The van der Waals surface area contributed by atoms with Gasteiger partial charge in [-0.2, -0.15) is 5.26 Å². The van der Waals surface area contributed by atoms with Gasteiger partial charge >= 0.3 is 0 Å². The predicted octanol–water partition coefficient (Wildman–Crippen LogP) is 3.11. The minimum absolute atomic E-state index is 0.132. The summed E-state index contributed by atoms with van der Waals surface area (Å²) in [5.74, 6) is 1.57. The highest BCUT2D eigenvalue weighted by Crippen LogP contribution is 2.32. The third-order valence-corrected chi connectivity index (χ3v) is 4.47. The first kappa shape index (κ1) is 15.5. The van der Waals surface area contributed by atoms with Crippen molar-refractivity contribution in [1.29, 1.82) is 5.26 Å². The van der Waals surface area contributed by atoms with Gasteiger partial charge in [0, 0.05) is 6.42 Å². The molecule has 5 atom stereocenters. The molecule has 1 N–H and O–H groups in total. The summed E-state index contributed by atoms with van der Waals surface area (Å²) in [5, 5.41) is 12.2. The maximum Gasteiger partial charge on any atom is 0.106 e. The quantitative estimate of drug-likeness (QED) is 0.817. The van der Waals surface area contributed by atoms with E-state index in [-0.39, 0.29) is 6.10 Å². The number of nitrogens with zero attached hydrogens (tertiary/aromatic N) is 1. The Hall–Kier alpha value is -0.590. The van der Waals surface area contributed by atoms with Crippen LogP contribution in [0.2, 0.25) is 0 Å². The predicted molar refractivity (Wildman–Crippen MR) is 74.2 cm³/mol. The normalized spacial score (nSPS) is 33.4. The number of rotatable bonds is 5. The molecule has 1 aliphatic rings. The maximum absolute atomic E-state index is 9.15. The number of hydrogen-bond acceptors (Lipinski definition) is 3. The van der Waals surface area contributed by atoms with Crippen molar-refractivity contribution in [2.24, 2.45) is 11.8 Å². The van der Waals surface area contributed by atoms with Crippen LogP contribution in [-0.4, -0.2) is 24.8 Å². The third-order valence-electron chi connectivity index (χ3n) is 4.47. The summed E-state index contributed by atoms with van der Waals surface area (Å²) in [6.45, 7) is 8.66. The van der Waals surface area contributed by atoms with Crippen LogP contribution in [-0.2, 0) is 4.74 Å². The zero-order valence-electron chi connectivity index (χ0n) is 12.5. The fraction of sp³-hybridized carbons (Fsp3) is 0.933. The average Bonchev–Trinajstić information content (AvgIpc) is 2.33. The Labute approximate surface area is 112 Å². The fourth-order valence-electron chi connectivity index (χ4n) is 2.78. The molecule has 0 radical (unpaired) electrons. The van der Waals surface area contributed by atoms with Gasteiger partial charge in [-0.05, 0) is 52.0 Å². The molecule has 3 nitrogen and oxygen atoms in total. The molecule has 1 saturated carbocycles. The van der Waals surface area contributed by atoms with Gasteiger partial charge in [0.2, 0.25) is 0 Å². The van der Waals surface area contributed by atoms with Crippen molar-refractivity contribution < 1.29 is 4.74 Å². The van der Waals surface area contributed by atoms with Crippen LogP contribution in [0.4, 0.5) is 0 Å². The Bertz CT molecular complexity index is 299. The van der Waals surface area contributed by atoms with Gasteiger partial charge in [0.1, 0.15) is 5.54 Å². The van der Waals surface area contributed by atoms with Crippen LogP contribution in [0, 0.1) is 23.2 Å². The van der Waals surface area contributed by atoms with E-state index in [2.05, 4.69) is 32.2 Å². The van der Waals surface area contributed by atoms with E-state index in [4.69, 9.17) is 10.00 Å². The van der Waals surface area contributed by atoms with Gasteiger partial charge in [0.25, 0.3) is 0 Å². The molecule has 0 bridgehead atoms. The molecule has 0 aromatic rings. The molecule has 5 unspecified atom stereocenters. The molecule has 0 heterocycles. The first-order chi connectivity index (χ1) is 8.40. The lowest BCUT2D eigenvalue weighted by Crippen LogP contribution is -2.42. The number of nitriles is 1. The highest BCUT2D eigenvalue weighted by Gasteiger charge is 2.29. The minimum Gasteiger partial charge on any atom is -0.375 e. The molecule has 1 aliphatic carbocycles. The van der Waals surface area contributed by atoms with Crippen molar-refractivity contribution >= 4 is 0 Å². The third kappa shape index (κ3) is 4.26. The molecule has 1 rings (SSSR count). The van der Waals surface area contributed by atoms with Crippen LogP contribution in [0.25, 0.3) is 0 Å². The first-order valence-electron chi connectivity index (χ1n) is 7.16. The largest absolute Gasteiger partial charge is 0.375 e. The van der Waals surface area contributed by atoms with Crippen LogP contribution >= 0.6 is 0 Å². The van der Waals surface area contributed by atoms with E-state index in [1.807, 2.05) is 14.0 Å². The minimum atomic E-state index is -0.479. The van der Waals surface area contributed by atoms with Crippen molar-refractivity contribution in [3.8, 4) is 6.07 Å². The van der Waals surface area contributed by atoms with Crippen LogP contribution in [0.15, 0.2) is 0 Å².